The van der Waals surface area contributed by atoms with Crippen LogP contribution in [0.15, 0.2) is 22.0 Å². The van der Waals surface area contributed by atoms with Gasteiger partial charge in [0.1, 0.15) is 5.83 Å². The Balaban J connectivity index is 2.94. The summed E-state index contributed by atoms with van der Waals surface area (Å²) < 4.78 is 13.3. The minimum absolute atomic E-state index is 0.165. The van der Waals surface area contributed by atoms with Crippen molar-refractivity contribution in [3.8, 4) is 0 Å². The lowest BCUT2D eigenvalue weighted by Crippen LogP contribution is -1.94. The fraction of sp³-hybridized carbons (Fsp3) is 0.286. The first-order valence-corrected chi connectivity index (χ1v) is 3.75. The maximum atomic E-state index is 12.8. The van der Waals surface area contributed by atoms with Crippen LogP contribution in [-0.4, -0.2) is 6.29 Å². The van der Waals surface area contributed by atoms with Crippen molar-refractivity contribution >= 4 is 22.2 Å². The van der Waals surface area contributed by atoms with Crippen molar-refractivity contribution in [2.75, 3.05) is 0 Å². The maximum absolute atomic E-state index is 12.8. The Morgan fingerprint density at radius 2 is 2.40 bits per heavy atom. The third-order valence-electron chi connectivity index (χ3n) is 1.35. The second kappa shape index (κ2) is 3.10. The van der Waals surface area contributed by atoms with Crippen molar-refractivity contribution in [2.45, 2.75) is 12.8 Å². The molecule has 0 aliphatic heterocycles. The molecule has 1 nitrogen and oxygen atoms in total. The summed E-state index contributed by atoms with van der Waals surface area (Å²) in [5.41, 5.74) is 0.165. The number of hydrogen-bond donors (Lipinski definition) is 0. The van der Waals surface area contributed by atoms with E-state index < -0.39 is 5.83 Å². The molecule has 1 aliphatic carbocycles. The van der Waals surface area contributed by atoms with Crippen LogP contribution in [0.5, 0.6) is 0 Å². The lowest BCUT2D eigenvalue weighted by atomic mass is 10.1. The number of aldehydes is 1. The van der Waals surface area contributed by atoms with Gasteiger partial charge in [-0.3, -0.25) is 4.79 Å². The fourth-order valence-corrected chi connectivity index (χ4v) is 1.27. The highest BCUT2D eigenvalue weighted by Crippen LogP contribution is 2.28. The van der Waals surface area contributed by atoms with E-state index in [2.05, 4.69) is 15.9 Å². The molecule has 0 aromatic heterocycles. The number of allylic oxidation sites excluding steroid dienone is 4. The lowest BCUT2D eigenvalue weighted by Gasteiger charge is -2.06. The second-order valence-electron chi connectivity index (χ2n) is 2.03. The van der Waals surface area contributed by atoms with E-state index in [9.17, 15) is 9.18 Å². The third-order valence-corrected chi connectivity index (χ3v) is 2.09. The van der Waals surface area contributed by atoms with Gasteiger partial charge < -0.3 is 0 Å². The molecular weight excluding hydrogens is 199 g/mol. The topological polar surface area (TPSA) is 17.1 Å². The summed E-state index contributed by atoms with van der Waals surface area (Å²) in [6.45, 7) is 0. The molecule has 0 aromatic carbocycles. The molecule has 0 saturated heterocycles. The Morgan fingerprint density at radius 3 is 2.90 bits per heavy atom. The lowest BCUT2D eigenvalue weighted by molar-refractivity contribution is -0.104. The number of carbonyl (C=O) groups excluding carboxylic acids is 1. The summed E-state index contributed by atoms with van der Waals surface area (Å²) in [7, 11) is 0. The highest BCUT2D eigenvalue weighted by molar-refractivity contribution is 9.11. The van der Waals surface area contributed by atoms with E-state index in [0.29, 0.717) is 17.2 Å². The van der Waals surface area contributed by atoms with Gasteiger partial charge in [0.25, 0.3) is 0 Å². The molecule has 10 heavy (non-hydrogen) atoms. The third kappa shape index (κ3) is 1.34. The molecule has 0 amide bonds. The average molecular weight is 205 g/mol. The maximum Gasteiger partial charge on any atom is 0.152 e. The van der Waals surface area contributed by atoms with Crippen LogP contribution >= 0.6 is 15.9 Å². The minimum atomic E-state index is -0.416. The molecule has 1 rings (SSSR count). The summed E-state index contributed by atoms with van der Waals surface area (Å²) in [6, 6.07) is 0. The van der Waals surface area contributed by atoms with Gasteiger partial charge in [-0.05, 0) is 12.8 Å². The van der Waals surface area contributed by atoms with E-state index in [0.717, 1.165) is 6.42 Å². The number of hydrogen-bond acceptors (Lipinski definition) is 1. The van der Waals surface area contributed by atoms with Crippen LogP contribution in [0.4, 0.5) is 4.39 Å². The van der Waals surface area contributed by atoms with Crippen molar-refractivity contribution in [3.63, 3.8) is 0 Å². The van der Waals surface area contributed by atoms with E-state index >= 15 is 0 Å². The van der Waals surface area contributed by atoms with E-state index in [-0.39, 0.29) is 5.57 Å². The summed E-state index contributed by atoms with van der Waals surface area (Å²) in [4.78, 5) is 10.2. The van der Waals surface area contributed by atoms with Gasteiger partial charge in [0.2, 0.25) is 0 Å². The number of halogens is 2. The van der Waals surface area contributed by atoms with Crippen molar-refractivity contribution in [2.24, 2.45) is 0 Å². The van der Waals surface area contributed by atoms with Crippen LogP contribution < -0.4 is 0 Å². The molecule has 0 heterocycles. The predicted molar refractivity (Wildman–Crippen MR) is 40.4 cm³/mol. The SMILES string of the molecule is O=CC1=CCCC(Br)=C1F. The summed E-state index contributed by atoms with van der Waals surface area (Å²) in [6.07, 6.45) is 3.54. The first kappa shape index (κ1) is 7.66. The zero-order valence-corrected chi connectivity index (χ0v) is 6.82. The minimum Gasteiger partial charge on any atom is -0.298 e. The Bertz CT molecular complexity index is 218. The smallest absolute Gasteiger partial charge is 0.152 e. The van der Waals surface area contributed by atoms with Gasteiger partial charge >= 0.3 is 0 Å². The van der Waals surface area contributed by atoms with Crippen molar-refractivity contribution in [3.05, 3.63) is 22.0 Å². The van der Waals surface area contributed by atoms with Crippen molar-refractivity contribution in [1.82, 2.24) is 0 Å². The van der Waals surface area contributed by atoms with Crippen LogP contribution in [0, 0.1) is 0 Å². The van der Waals surface area contributed by atoms with Gasteiger partial charge in [-0.25, -0.2) is 4.39 Å². The molecule has 0 N–H and O–H groups in total. The number of carbonyl (C=O) groups is 1. The van der Waals surface area contributed by atoms with Crippen LogP contribution in [0.1, 0.15) is 12.8 Å². The van der Waals surface area contributed by atoms with Gasteiger partial charge in [0, 0.05) is 10.1 Å². The average Bonchev–Trinajstić information content (AvgIpc) is 1.95. The molecule has 0 spiro atoms. The first-order chi connectivity index (χ1) is 4.75. The van der Waals surface area contributed by atoms with Crippen molar-refractivity contribution < 1.29 is 9.18 Å². The fourth-order valence-electron chi connectivity index (χ4n) is 0.810. The summed E-state index contributed by atoms with van der Waals surface area (Å²) in [5.74, 6) is -0.416. The van der Waals surface area contributed by atoms with Gasteiger partial charge in [-0.15, -0.1) is 0 Å². The Labute approximate surface area is 66.7 Å². The van der Waals surface area contributed by atoms with Crippen molar-refractivity contribution in [1.29, 1.82) is 0 Å². The number of rotatable bonds is 1. The molecule has 0 atom stereocenters. The molecule has 0 unspecified atom stereocenters. The molecule has 0 saturated carbocycles. The van der Waals surface area contributed by atoms with Gasteiger partial charge in [-0.2, -0.15) is 0 Å². The largest absolute Gasteiger partial charge is 0.298 e. The van der Waals surface area contributed by atoms with Gasteiger partial charge in [0.15, 0.2) is 6.29 Å². The van der Waals surface area contributed by atoms with E-state index in [1.54, 1.807) is 6.08 Å². The van der Waals surface area contributed by atoms with E-state index in [1.165, 1.54) is 0 Å². The molecular formula is C7H6BrFO. The van der Waals surface area contributed by atoms with Crippen LogP contribution in [0.25, 0.3) is 0 Å². The molecule has 0 aromatic rings. The summed E-state index contributed by atoms with van der Waals surface area (Å²) >= 11 is 3.04. The Morgan fingerprint density at radius 1 is 1.70 bits per heavy atom. The summed E-state index contributed by atoms with van der Waals surface area (Å²) in [5, 5.41) is 0. The zero-order valence-electron chi connectivity index (χ0n) is 5.23. The van der Waals surface area contributed by atoms with Crippen LogP contribution in [0.3, 0.4) is 0 Å². The molecule has 0 bridgehead atoms. The predicted octanol–water partition coefficient (Wildman–Crippen LogP) is 2.48. The molecule has 54 valence electrons. The monoisotopic (exact) mass is 204 g/mol. The highest BCUT2D eigenvalue weighted by atomic mass is 79.9. The van der Waals surface area contributed by atoms with E-state index in [1.807, 2.05) is 0 Å². The Kier molecular flexibility index (Phi) is 2.38. The van der Waals surface area contributed by atoms with Gasteiger partial charge in [-0.1, -0.05) is 22.0 Å². The van der Waals surface area contributed by atoms with Crippen LogP contribution in [-0.2, 0) is 4.79 Å². The molecule has 1 aliphatic rings. The molecule has 3 heteroatoms. The quantitative estimate of drug-likeness (QED) is 0.601. The van der Waals surface area contributed by atoms with E-state index in [4.69, 9.17) is 0 Å². The second-order valence-corrected chi connectivity index (χ2v) is 2.99. The van der Waals surface area contributed by atoms with Crippen LogP contribution in [0.2, 0.25) is 0 Å². The zero-order chi connectivity index (χ0) is 7.56. The highest BCUT2D eigenvalue weighted by Gasteiger charge is 2.12. The van der Waals surface area contributed by atoms with Gasteiger partial charge in [0.05, 0.1) is 0 Å². The standard InChI is InChI=1S/C7H6BrFO/c8-6-3-1-2-5(4-10)7(6)9/h2,4H,1,3H2. The first-order valence-electron chi connectivity index (χ1n) is 2.95. The molecule has 0 radical (unpaired) electrons. The normalized spacial score (nSPS) is 18.8. The molecule has 0 fully saturated rings. The Hall–Kier alpha value is -0.440.